The number of hydrogen-bond acceptors (Lipinski definition) is 4. The van der Waals surface area contributed by atoms with E-state index in [9.17, 15) is 22.8 Å². The highest BCUT2D eigenvalue weighted by atomic mass is 19.4. The van der Waals surface area contributed by atoms with Crippen LogP contribution < -0.4 is 5.32 Å². The Kier molecular flexibility index (Phi) is 4.02. The van der Waals surface area contributed by atoms with Crippen molar-refractivity contribution in [2.45, 2.75) is 19.1 Å². The number of fused-ring (bicyclic) bond motifs is 1. The van der Waals surface area contributed by atoms with Crippen molar-refractivity contribution >= 4 is 17.7 Å². The molecule has 2 aromatic rings. The Morgan fingerprint density at radius 2 is 1.92 bits per heavy atom. The molecule has 6 nitrogen and oxygen atoms in total. The first-order valence-corrected chi connectivity index (χ1v) is 7.34. The number of benzene rings is 1. The van der Waals surface area contributed by atoms with Crippen LogP contribution in [0.15, 0.2) is 30.3 Å². The molecule has 1 aromatic heterocycles. The van der Waals surface area contributed by atoms with Gasteiger partial charge in [0, 0.05) is 6.07 Å². The largest absolute Gasteiger partial charge is 0.468 e. The van der Waals surface area contributed by atoms with Crippen molar-refractivity contribution in [3.8, 4) is 0 Å². The first-order chi connectivity index (χ1) is 11.7. The number of carbonyl (C=O) groups is 2. The van der Waals surface area contributed by atoms with Gasteiger partial charge in [0.1, 0.15) is 11.9 Å². The zero-order chi connectivity index (χ0) is 18.4. The third-order valence-corrected chi connectivity index (χ3v) is 4.01. The highest BCUT2D eigenvalue weighted by molar-refractivity contribution is 6.06. The molecule has 0 saturated heterocycles. The van der Waals surface area contributed by atoms with Gasteiger partial charge in [-0.25, -0.2) is 4.68 Å². The standard InChI is InChI=1S/C16H14F3N3O3/c1-8-7-11-20-14(23)12(15(24)25-2)13(22(11)21-8)9-3-5-10(6-4-9)16(17,18)19/h3-7,12-13H,1-2H3,(H,20,23). The van der Waals surface area contributed by atoms with E-state index in [0.29, 0.717) is 17.1 Å². The van der Waals surface area contributed by atoms with Gasteiger partial charge in [-0.15, -0.1) is 0 Å². The van der Waals surface area contributed by atoms with E-state index in [1.54, 1.807) is 13.0 Å². The lowest BCUT2D eigenvalue weighted by Crippen LogP contribution is -2.43. The van der Waals surface area contributed by atoms with E-state index >= 15 is 0 Å². The number of esters is 1. The van der Waals surface area contributed by atoms with Gasteiger partial charge in [0.05, 0.1) is 18.4 Å². The van der Waals surface area contributed by atoms with Crippen molar-refractivity contribution in [3.63, 3.8) is 0 Å². The van der Waals surface area contributed by atoms with Crippen LogP contribution in [0.25, 0.3) is 0 Å². The third-order valence-electron chi connectivity index (χ3n) is 4.01. The lowest BCUT2D eigenvalue weighted by Gasteiger charge is -2.31. The highest BCUT2D eigenvalue weighted by Crippen LogP contribution is 2.37. The molecule has 1 N–H and O–H groups in total. The molecule has 25 heavy (non-hydrogen) atoms. The van der Waals surface area contributed by atoms with Crippen molar-refractivity contribution in [2.75, 3.05) is 12.4 Å². The molecule has 1 amide bonds. The number of ether oxygens (including phenoxy) is 1. The topological polar surface area (TPSA) is 73.2 Å². The second kappa shape index (κ2) is 5.91. The Hall–Kier alpha value is -2.84. The van der Waals surface area contributed by atoms with Crippen molar-refractivity contribution in [3.05, 3.63) is 47.2 Å². The fourth-order valence-corrected chi connectivity index (χ4v) is 2.88. The maximum Gasteiger partial charge on any atom is 0.416 e. The van der Waals surface area contributed by atoms with Gasteiger partial charge in [0.15, 0.2) is 5.92 Å². The van der Waals surface area contributed by atoms with Crippen LogP contribution in [0, 0.1) is 12.8 Å². The Morgan fingerprint density at radius 3 is 2.48 bits per heavy atom. The Balaban J connectivity index is 2.11. The van der Waals surface area contributed by atoms with E-state index in [4.69, 9.17) is 4.74 Å². The van der Waals surface area contributed by atoms with Gasteiger partial charge in [-0.05, 0) is 24.6 Å². The second-order valence-electron chi connectivity index (χ2n) is 5.67. The van der Waals surface area contributed by atoms with E-state index in [2.05, 4.69) is 10.4 Å². The Bertz CT molecular complexity index is 827. The number of nitrogens with one attached hydrogen (secondary N) is 1. The SMILES string of the molecule is COC(=O)C1C(=O)Nc2cc(C)nn2C1c1ccc(C(F)(F)F)cc1. The van der Waals surface area contributed by atoms with Gasteiger partial charge in [0.25, 0.3) is 0 Å². The zero-order valence-corrected chi connectivity index (χ0v) is 13.3. The minimum Gasteiger partial charge on any atom is -0.468 e. The monoisotopic (exact) mass is 353 g/mol. The highest BCUT2D eigenvalue weighted by Gasteiger charge is 2.43. The summed E-state index contributed by atoms with van der Waals surface area (Å²) in [5, 5.41) is 6.82. The molecule has 0 bridgehead atoms. The van der Waals surface area contributed by atoms with E-state index in [-0.39, 0.29) is 0 Å². The Morgan fingerprint density at radius 1 is 1.28 bits per heavy atom. The number of anilines is 1. The fourth-order valence-electron chi connectivity index (χ4n) is 2.88. The number of nitrogens with zero attached hydrogens (tertiary/aromatic N) is 2. The summed E-state index contributed by atoms with van der Waals surface area (Å²) in [5.74, 6) is -2.27. The van der Waals surface area contributed by atoms with Crippen molar-refractivity contribution in [1.29, 1.82) is 0 Å². The number of methoxy groups -OCH3 is 1. The number of aromatic nitrogens is 2. The first kappa shape index (κ1) is 17.0. The van der Waals surface area contributed by atoms with Gasteiger partial charge < -0.3 is 10.1 Å². The predicted octanol–water partition coefficient (Wildman–Crippen LogP) is 2.54. The van der Waals surface area contributed by atoms with Crippen LogP contribution in [-0.2, 0) is 20.5 Å². The molecular weight excluding hydrogens is 339 g/mol. The number of hydrogen-bond donors (Lipinski definition) is 1. The summed E-state index contributed by atoms with van der Waals surface area (Å²) < 4.78 is 44.4. The number of aryl methyl sites for hydroxylation is 1. The van der Waals surface area contributed by atoms with Crippen molar-refractivity contribution in [1.82, 2.24) is 9.78 Å². The maximum absolute atomic E-state index is 12.8. The average molecular weight is 353 g/mol. The normalized spacial score (nSPS) is 20.0. The van der Waals surface area contributed by atoms with E-state index in [1.165, 1.54) is 16.8 Å². The molecule has 0 spiro atoms. The molecule has 1 aliphatic heterocycles. The van der Waals surface area contributed by atoms with E-state index in [0.717, 1.165) is 19.2 Å². The second-order valence-corrected chi connectivity index (χ2v) is 5.67. The molecule has 2 heterocycles. The predicted molar refractivity (Wildman–Crippen MR) is 80.7 cm³/mol. The van der Waals surface area contributed by atoms with Crippen molar-refractivity contribution in [2.24, 2.45) is 5.92 Å². The molecular formula is C16H14F3N3O3. The van der Waals surface area contributed by atoms with Crippen LogP contribution >= 0.6 is 0 Å². The molecule has 1 aliphatic rings. The molecule has 0 aliphatic carbocycles. The Labute approximate surface area is 140 Å². The maximum atomic E-state index is 12.8. The molecule has 2 unspecified atom stereocenters. The van der Waals surface area contributed by atoms with Gasteiger partial charge in [-0.1, -0.05) is 12.1 Å². The fraction of sp³-hybridized carbons (Fsp3) is 0.312. The summed E-state index contributed by atoms with van der Waals surface area (Å²) in [6.07, 6.45) is -4.47. The smallest absolute Gasteiger partial charge is 0.416 e. The zero-order valence-electron chi connectivity index (χ0n) is 13.3. The summed E-state index contributed by atoms with van der Waals surface area (Å²) in [4.78, 5) is 24.4. The number of rotatable bonds is 2. The molecule has 132 valence electrons. The summed E-state index contributed by atoms with van der Waals surface area (Å²) >= 11 is 0. The molecule has 2 atom stereocenters. The molecule has 0 fully saturated rings. The lowest BCUT2D eigenvalue weighted by molar-refractivity contribution is -0.150. The molecule has 9 heteroatoms. The van der Waals surface area contributed by atoms with Gasteiger partial charge in [-0.2, -0.15) is 18.3 Å². The van der Waals surface area contributed by atoms with Crippen LogP contribution in [0.4, 0.5) is 19.0 Å². The summed E-state index contributed by atoms with van der Waals surface area (Å²) in [5.41, 5.74) is 0.128. The van der Waals surface area contributed by atoms with Gasteiger partial charge in [0.2, 0.25) is 5.91 Å². The molecule has 3 rings (SSSR count). The quantitative estimate of drug-likeness (QED) is 0.665. The van der Waals surface area contributed by atoms with Crippen LogP contribution in [-0.4, -0.2) is 28.8 Å². The van der Waals surface area contributed by atoms with Crippen molar-refractivity contribution < 1.29 is 27.5 Å². The van der Waals surface area contributed by atoms with E-state index < -0.39 is 35.6 Å². The number of amides is 1. The van der Waals surface area contributed by atoms with Gasteiger partial charge in [-0.3, -0.25) is 9.59 Å². The van der Waals surface area contributed by atoms with Crippen LogP contribution in [0.5, 0.6) is 0 Å². The molecule has 1 aromatic carbocycles. The number of alkyl halides is 3. The molecule has 0 radical (unpaired) electrons. The summed E-state index contributed by atoms with van der Waals surface area (Å²) in [7, 11) is 1.14. The van der Waals surface area contributed by atoms with Crippen LogP contribution in [0.1, 0.15) is 22.9 Å². The van der Waals surface area contributed by atoms with Gasteiger partial charge >= 0.3 is 12.1 Å². The lowest BCUT2D eigenvalue weighted by atomic mass is 9.90. The molecule has 0 saturated carbocycles. The first-order valence-electron chi connectivity index (χ1n) is 7.34. The van der Waals surface area contributed by atoms with E-state index in [1.807, 2.05) is 0 Å². The average Bonchev–Trinajstić information content (AvgIpc) is 2.91. The number of halogens is 3. The number of carbonyl (C=O) groups excluding carboxylic acids is 2. The van der Waals surface area contributed by atoms with Crippen LogP contribution in [0.3, 0.4) is 0 Å². The minimum absolute atomic E-state index is 0.350. The minimum atomic E-state index is -4.47. The summed E-state index contributed by atoms with van der Waals surface area (Å²) in [6.45, 7) is 1.70. The third kappa shape index (κ3) is 2.97. The summed E-state index contributed by atoms with van der Waals surface area (Å²) in [6, 6.07) is 5.01. The van der Waals surface area contributed by atoms with Crippen LogP contribution in [0.2, 0.25) is 0 Å².